The van der Waals surface area contributed by atoms with Crippen LogP contribution in [0, 0.1) is 11.2 Å². The molecule has 1 aromatic carbocycles. The molecule has 100 valence electrons. The minimum absolute atomic E-state index is 0.169. The molecular formula is C15H20ClFO. The van der Waals surface area contributed by atoms with Gasteiger partial charge in [0, 0.05) is 11.4 Å². The van der Waals surface area contributed by atoms with Gasteiger partial charge in [-0.2, -0.15) is 0 Å². The van der Waals surface area contributed by atoms with Crippen molar-refractivity contribution in [1.29, 1.82) is 0 Å². The third-order valence-electron chi connectivity index (χ3n) is 4.40. The zero-order chi connectivity index (χ0) is 13.4. The third-order valence-corrected chi connectivity index (χ3v) is 4.64. The number of rotatable bonds is 2. The molecule has 1 atom stereocenters. The van der Waals surface area contributed by atoms with Gasteiger partial charge in [0.2, 0.25) is 0 Å². The van der Waals surface area contributed by atoms with E-state index in [1.807, 2.05) is 0 Å². The summed E-state index contributed by atoms with van der Waals surface area (Å²) in [4.78, 5) is 0. The van der Waals surface area contributed by atoms with Gasteiger partial charge in [-0.3, -0.25) is 0 Å². The van der Waals surface area contributed by atoms with Crippen molar-refractivity contribution in [2.45, 2.75) is 51.6 Å². The van der Waals surface area contributed by atoms with Crippen LogP contribution < -0.4 is 0 Å². The number of hydrogen-bond donors (Lipinski definition) is 1. The molecule has 1 N–H and O–H groups in total. The van der Waals surface area contributed by atoms with E-state index in [0.29, 0.717) is 17.0 Å². The van der Waals surface area contributed by atoms with Crippen LogP contribution in [-0.4, -0.2) is 10.7 Å². The molecule has 0 spiro atoms. The molecule has 0 saturated heterocycles. The Hall–Kier alpha value is -0.600. The maximum atomic E-state index is 13.8. The molecule has 1 aliphatic carbocycles. The Bertz CT molecular complexity index is 444. The van der Waals surface area contributed by atoms with Crippen molar-refractivity contribution in [2.24, 2.45) is 5.41 Å². The van der Waals surface area contributed by atoms with Crippen LogP contribution in [-0.2, 0) is 6.42 Å². The SMILES string of the molecule is CC1(C)CCCCC1(O)Cc1ccc(Cl)cc1F. The minimum Gasteiger partial charge on any atom is -0.389 e. The minimum atomic E-state index is -0.820. The van der Waals surface area contributed by atoms with Gasteiger partial charge >= 0.3 is 0 Å². The highest BCUT2D eigenvalue weighted by Crippen LogP contribution is 2.45. The summed E-state index contributed by atoms with van der Waals surface area (Å²) in [5, 5.41) is 11.2. The van der Waals surface area contributed by atoms with Crippen molar-refractivity contribution in [3.05, 3.63) is 34.6 Å². The van der Waals surface area contributed by atoms with Crippen molar-refractivity contribution in [1.82, 2.24) is 0 Å². The van der Waals surface area contributed by atoms with E-state index in [1.54, 1.807) is 12.1 Å². The molecule has 18 heavy (non-hydrogen) atoms. The third kappa shape index (κ3) is 2.55. The van der Waals surface area contributed by atoms with Crippen LogP contribution in [0.2, 0.25) is 5.02 Å². The lowest BCUT2D eigenvalue weighted by atomic mass is 9.63. The van der Waals surface area contributed by atoms with Crippen LogP contribution in [0.3, 0.4) is 0 Å². The van der Waals surface area contributed by atoms with Crippen LogP contribution >= 0.6 is 11.6 Å². The van der Waals surface area contributed by atoms with E-state index >= 15 is 0 Å². The van der Waals surface area contributed by atoms with Crippen molar-refractivity contribution in [3.8, 4) is 0 Å². The zero-order valence-electron chi connectivity index (χ0n) is 11.0. The first-order valence-electron chi connectivity index (χ1n) is 6.50. The fourth-order valence-electron chi connectivity index (χ4n) is 2.86. The van der Waals surface area contributed by atoms with Crippen molar-refractivity contribution >= 4 is 11.6 Å². The Morgan fingerprint density at radius 1 is 1.28 bits per heavy atom. The normalized spacial score (nSPS) is 27.2. The second-order valence-corrected chi connectivity index (χ2v) is 6.47. The molecule has 0 aromatic heterocycles. The van der Waals surface area contributed by atoms with Crippen LogP contribution in [0.15, 0.2) is 18.2 Å². The average molecular weight is 271 g/mol. The average Bonchev–Trinajstić information content (AvgIpc) is 2.27. The number of hydrogen-bond acceptors (Lipinski definition) is 1. The Morgan fingerprint density at radius 3 is 2.56 bits per heavy atom. The van der Waals surface area contributed by atoms with Crippen LogP contribution in [0.1, 0.15) is 45.1 Å². The number of aliphatic hydroxyl groups is 1. The van der Waals surface area contributed by atoms with E-state index in [4.69, 9.17) is 11.6 Å². The van der Waals surface area contributed by atoms with Gasteiger partial charge in [-0.1, -0.05) is 44.4 Å². The maximum Gasteiger partial charge on any atom is 0.127 e. The fourth-order valence-corrected chi connectivity index (χ4v) is 3.02. The molecule has 1 aliphatic rings. The molecule has 0 radical (unpaired) electrons. The zero-order valence-corrected chi connectivity index (χ0v) is 11.7. The number of halogens is 2. The summed E-state index contributed by atoms with van der Waals surface area (Å²) in [5.74, 6) is -0.322. The second-order valence-electron chi connectivity index (χ2n) is 6.04. The molecule has 0 amide bonds. The van der Waals surface area contributed by atoms with Crippen molar-refractivity contribution in [3.63, 3.8) is 0 Å². The van der Waals surface area contributed by atoms with Gasteiger partial charge in [-0.15, -0.1) is 0 Å². The summed E-state index contributed by atoms with van der Waals surface area (Å²) in [6, 6.07) is 4.68. The second kappa shape index (κ2) is 4.82. The van der Waals surface area contributed by atoms with E-state index in [1.165, 1.54) is 6.07 Å². The topological polar surface area (TPSA) is 20.2 Å². The highest BCUT2D eigenvalue weighted by atomic mass is 35.5. The summed E-state index contributed by atoms with van der Waals surface area (Å²) in [7, 11) is 0. The van der Waals surface area contributed by atoms with Gasteiger partial charge in [0.25, 0.3) is 0 Å². The van der Waals surface area contributed by atoms with E-state index in [2.05, 4.69) is 13.8 Å². The lowest BCUT2D eigenvalue weighted by molar-refractivity contribution is -0.0962. The molecule has 1 nitrogen and oxygen atoms in total. The molecule has 0 heterocycles. The quantitative estimate of drug-likeness (QED) is 0.847. The summed E-state index contributed by atoms with van der Waals surface area (Å²) >= 11 is 5.75. The first-order valence-corrected chi connectivity index (χ1v) is 6.88. The molecule has 1 unspecified atom stereocenters. The smallest absolute Gasteiger partial charge is 0.127 e. The molecule has 1 aromatic rings. The fraction of sp³-hybridized carbons (Fsp3) is 0.600. The monoisotopic (exact) mass is 270 g/mol. The summed E-state index contributed by atoms with van der Waals surface area (Å²) < 4.78 is 13.8. The predicted octanol–water partition coefficient (Wildman–Crippen LogP) is 4.35. The molecule has 1 saturated carbocycles. The standard InChI is InChI=1S/C15H20ClFO/c1-14(2)7-3-4-8-15(14,18)10-11-5-6-12(16)9-13(11)17/h5-6,9,18H,3-4,7-8,10H2,1-2H3. The Labute approximate surface area is 113 Å². The van der Waals surface area contributed by atoms with E-state index in [-0.39, 0.29) is 11.2 Å². The van der Waals surface area contributed by atoms with Gasteiger partial charge in [-0.05, 0) is 36.0 Å². The van der Waals surface area contributed by atoms with E-state index < -0.39 is 5.60 Å². The molecule has 2 rings (SSSR count). The summed E-state index contributed by atoms with van der Waals surface area (Å²) in [5.41, 5.74) is -0.436. The van der Waals surface area contributed by atoms with Crippen molar-refractivity contribution < 1.29 is 9.50 Å². The van der Waals surface area contributed by atoms with Crippen LogP contribution in [0.5, 0.6) is 0 Å². The lowest BCUT2D eigenvalue weighted by Gasteiger charge is -2.46. The first-order chi connectivity index (χ1) is 8.34. The van der Waals surface area contributed by atoms with E-state index in [9.17, 15) is 9.50 Å². The van der Waals surface area contributed by atoms with Gasteiger partial charge in [0.1, 0.15) is 5.82 Å². The largest absolute Gasteiger partial charge is 0.389 e. The summed E-state index contributed by atoms with van der Waals surface area (Å²) in [6.45, 7) is 4.14. The Morgan fingerprint density at radius 2 is 1.94 bits per heavy atom. The van der Waals surface area contributed by atoms with Crippen LogP contribution in [0.4, 0.5) is 4.39 Å². The van der Waals surface area contributed by atoms with Crippen LogP contribution in [0.25, 0.3) is 0 Å². The van der Waals surface area contributed by atoms with E-state index in [0.717, 1.165) is 25.7 Å². The first kappa shape index (κ1) is 13.8. The Balaban J connectivity index is 2.26. The maximum absolute atomic E-state index is 13.8. The van der Waals surface area contributed by atoms with Gasteiger partial charge in [0.15, 0.2) is 0 Å². The van der Waals surface area contributed by atoms with Gasteiger partial charge < -0.3 is 5.11 Å². The van der Waals surface area contributed by atoms with Crippen molar-refractivity contribution in [2.75, 3.05) is 0 Å². The lowest BCUT2D eigenvalue weighted by Crippen LogP contribution is -2.48. The van der Waals surface area contributed by atoms with Gasteiger partial charge in [-0.25, -0.2) is 4.39 Å². The molecule has 0 bridgehead atoms. The highest BCUT2D eigenvalue weighted by molar-refractivity contribution is 6.30. The summed E-state index contributed by atoms with van der Waals surface area (Å²) in [6.07, 6.45) is 4.23. The Kier molecular flexibility index (Phi) is 3.70. The highest BCUT2D eigenvalue weighted by Gasteiger charge is 2.45. The van der Waals surface area contributed by atoms with Gasteiger partial charge in [0.05, 0.1) is 5.60 Å². The molecule has 3 heteroatoms. The number of benzene rings is 1. The molecule has 0 aliphatic heterocycles. The predicted molar refractivity (Wildman–Crippen MR) is 72.3 cm³/mol. The molecule has 1 fully saturated rings. The molecular weight excluding hydrogens is 251 g/mol.